The third-order valence-corrected chi connectivity index (χ3v) is 7.82. The number of fused-ring (bicyclic) bond motifs is 1. The number of methoxy groups -OCH3 is 4. The summed E-state index contributed by atoms with van der Waals surface area (Å²) in [5, 5.41) is 13.3. The van der Waals surface area contributed by atoms with Crippen molar-refractivity contribution in [2.75, 3.05) is 28.4 Å². The lowest BCUT2D eigenvalue weighted by atomic mass is 9.66. The van der Waals surface area contributed by atoms with Crippen LogP contribution in [0.1, 0.15) is 41.6 Å². The molecule has 0 unspecified atom stereocenters. The van der Waals surface area contributed by atoms with Gasteiger partial charge in [0.1, 0.15) is 22.1 Å². The average Bonchev–Trinajstić information content (AvgIpc) is 3.22. The van der Waals surface area contributed by atoms with Gasteiger partial charge in [0.2, 0.25) is 28.8 Å². The maximum Gasteiger partial charge on any atom is 0.236 e. The third kappa shape index (κ3) is 3.43. The summed E-state index contributed by atoms with van der Waals surface area (Å²) in [6.07, 6.45) is 0.109. The Morgan fingerprint density at radius 1 is 0.921 bits per heavy atom. The number of carbonyl (C=O) groups is 3. The van der Waals surface area contributed by atoms with E-state index in [1.54, 1.807) is 19.1 Å². The predicted octanol–water partition coefficient (Wildman–Crippen LogP) is 3.56. The molecule has 5 rings (SSSR count). The Balaban J connectivity index is 1.68. The number of ether oxygens (including phenoxy) is 5. The molecule has 1 spiro atoms. The molecule has 3 aliphatic rings. The van der Waals surface area contributed by atoms with Gasteiger partial charge in [0.15, 0.2) is 17.2 Å². The van der Waals surface area contributed by atoms with E-state index < -0.39 is 29.0 Å². The molecule has 0 bridgehead atoms. The fraction of sp³-hybridized carbons (Fsp3) is 0.370. The van der Waals surface area contributed by atoms with E-state index in [1.807, 2.05) is 0 Å². The van der Waals surface area contributed by atoms with Crippen LogP contribution < -0.4 is 29.0 Å². The Morgan fingerprint density at radius 2 is 1.53 bits per heavy atom. The first-order valence-electron chi connectivity index (χ1n) is 11.8. The number of phenols is 1. The summed E-state index contributed by atoms with van der Waals surface area (Å²) in [5.74, 6) is -2.42. The molecule has 0 aromatic heterocycles. The van der Waals surface area contributed by atoms with Crippen LogP contribution in [0.15, 0.2) is 29.5 Å². The quantitative estimate of drug-likeness (QED) is 0.544. The number of nitrogens with one attached hydrogen (secondary N) is 1. The van der Waals surface area contributed by atoms with Crippen molar-refractivity contribution in [1.82, 2.24) is 5.32 Å². The Morgan fingerprint density at radius 3 is 2.11 bits per heavy atom. The van der Waals surface area contributed by atoms with Crippen molar-refractivity contribution in [3.05, 3.63) is 45.6 Å². The van der Waals surface area contributed by atoms with Gasteiger partial charge in [0.25, 0.3) is 0 Å². The highest BCUT2D eigenvalue weighted by atomic mass is 35.5. The summed E-state index contributed by atoms with van der Waals surface area (Å²) in [6, 6.07) is 4.56. The summed E-state index contributed by atoms with van der Waals surface area (Å²) in [4.78, 5) is 41.2. The van der Waals surface area contributed by atoms with Gasteiger partial charge in [-0.3, -0.25) is 14.4 Å². The van der Waals surface area contributed by atoms with Crippen molar-refractivity contribution in [1.29, 1.82) is 0 Å². The van der Waals surface area contributed by atoms with Gasteiger partial charge in [0, 0.05) is 35.6 Å². The van der Waals surface area contributed by atoms with E-state index in [1.165, 1.54) is 34.5 Å². The molecule has 2 heterocycles. The highest BCUT2D eigenvalue weighted by Crippen LogP contribution is 2.55. The number of allylic oxidation sites excluding steroid dienone is 1. The highest BCUT2D eigenvalue weighted by molar-refractivity contribution is 6.36. The second kappa shape index (κ2) is 9.13. The van der Waals surface area contributed by atoms with Gasteiger partial charge in [-0.1, -0.05) is 18.5 Å². The highest BCUT2D eigenvalue weighted by Gasteiger charge is 2.63. The van der Waals surface area contributed by atoms with Crippen LogP contribution in [-0.4, -0.2) is 56.6 Å². The van der Waals surface area contributed by atoms with Gasteiger partial charge in [-0.15, -0.1) is 0 Å². The molecule has 3 atom stereocenters. The number of benzene rings is 2. The van der Waals surface area contributed by atoms with Gasteiger partial charge < -0.3 is 34.1 Å². The minimum atomic E-state index is -1.92. The molecule has 11 heteroatoms. The topological polar surface area (TPSA) is 130 Å². The smallest absolute Gasteiger partial charge is 0.236 e. The molecular formula is C27H26ClNO9. The number of rotatable bonds is 5. The number of carbonyl (C=O) groups excluding carboxylic acids is 3. The molecule has 2 N–H and O–H groups in total. The van der Waals surface area contributed by atoms with Crippen LogP contribution in [-0.2, 0) is 9.59 Å². The fourth-order valence-electron chi connectivity index (χ4n) is 5.59. The van der Waals surface area contributed by atoms with Gasteiger partial charge in [-0.05, 0) is 24.1 Å². The number of Topliss-reactive ketones (excluding diaryl/α,β-unsaturated/α-hetero) is 2. The first kappa shape index (κ1) is 25.7. The molecule has 200 valence electrons. The summed E-state index contributed by atoms with van der Waals surface area (Å²) >= 11 is 6.52. The van der Waals surface area contributed by atoms with Crippen LogP contribution in [0, 0.1) is 5.92 Å². The molecule has 38 heavy (non-hydrogen) atoms. The molecule has 0 saturated heterocycles. The SMILES string of the molecule is COc1cc([C@H]2CC(=O)NC3=C2C(=O)[C@@]2(Oc4c(Cl)c(OC)cc(OC)c4C2=O)[C@H](C)C3)cc(OC)c1O. The lowest BCUT2D eigenvalue weighted by Gasteiger charge is -2.41. The van der Waals surface area contributed by atoms with Gasteiger partial charge in [-0.25, -0.2) is 0 Å². The van der Waals surface area contributed by atoms with Gasteiger partial charge >= 0.3 is 0 Å². The van der Waals surface area contributed by atoms with E-state index in [2.05, 4.69) is 5.32 Å². The molecule has 2 aromatic carbocycles. The zero-order valence-electron chi connectivity index (χ0n) is 21.4. The predicted molar refractivity (Wildman–Crippen MR) is 135 cm³/mol. The van der Waals surface area contributed by atoms with E-state index in [0.29, 0.717) is 11.3 Å². The van der Waals surface area contributed by atoms with Crippen LogP contribution in [0.25, 0.3) is 0 Å². The molecule has 0 saturated carbocycles. The first-order chi connectivity index (χ1) is 18.1. The van der Waals surface area contributed by atoms with E-state index in [4.69, 9.17) is 35.3 Å². The third-order valence-electron chi connectivity index (χ3n) is 7.46. The minimum Gasteiger partial charge on any atom is -0.502 e. The number of amides is 1. The Bertz CT molecular complexity index is 1410. The minimum absolute atomic E-state index is 0.0153. The van der Waals surface area contributed by atoms with E-state index >= 15 is 0 Å². The molecular weight excluding hydrogens is 518 g/mol. The van der Waals surface area contributed by atoms with Crippen molar-refractivity contribution < 1.29 is 43.2 Å². The Labute approximate surface area is 223 Å². The Hall–Kier alpha value is -3.92. The number of halogens is 1. The second-order valence-electron chi connectivity index (χ2n) is 9.37. The average molecular weight is 544 g/mol. The van der Waals surface area contributed by atoms with Gasteiger partial charge in [-0.2, -0.15) is 0 Å². The normalized spacial score (nSPS) is 24.0. The summed E-state index contributed by atoms with van der Waals surface area (Å²) in [7, 11) is 5.58. The molecule has 1 aliphatic carbocycles. The second-order valence-corrected chi connectivity index (χ2v) is 9.75. The molecule has 10 nitrogen and oxygen atoms in total. The molecule has 2 aromatic rings. The zero-order valence-corrected chi connectivity index (χ0v) is 22.1. The van der Waals surface area contributed by atoms with E-state index in [9.17, 15) is 19.5 Å². The standard InChI is InChI=1S/C27H26ClNO9/c1-11-6-14-20(13(9-19(30)29-14)12-7-17(36-4)23(31)18(8-12)37-5)25(32)27(11)26(33)21-15(34-2)10-16(35-3)22(28)24(21)38-27/h7-8,10-11,13,31H,6,9H2,1-5H3,(H,29,30)/t11-,13-,27+/m1/s1. The number of ketones is 2. The van der Waals surface area contributed by atoms with Crippen molar-refractivity contribution in [2.24, 2.45) is 5.92 Å². The molecule has 0 radical (unpaired) electrons. The first-order valence-corrected chi connectivity index (χ1v) is 12.2. The summed E-state index contributed by atoms with van der Waals surface area (Å²) in [6.45, 7) is 1.71. The monoisotopic (exact) mass is 543 g/mol. The maximum atomic E-state index is 14.4. The lowest BCUT2D eigenvalue weighted by Crippen LogP contribution is -2.59. The van der Waals surface area contributed by atoms with Crippen LogP contribution in [0.5, 0.6) is 34.5 Å². The number of aromatic hydroxyl groups is 1. The van der Waals surface area contributed by atoms with Crippen LogP contribution in [0.2, 0.25) is 5.02 Å². The van der Waals surface area contributed by atoms with Crippen molar-refractivity contribution in [2.45, 2.75) is 31.3 Å². The lowest BCUT2D eigenvalue weighted by molar-refractivity contribution is -0.131. The van der Waals surface area contributed by atoms with Crippen molar-refractivity contribution >= 4 is 29.1 Å². The fourth-order valence-corrected chi connectivity index (χ4v) is 5.85. The van der Waals surface area contributed by atoms with Gasteiger partial charge in [0.05, 0.1) is 28.4 Å². The summed E-state index contributed by atoms with van der Waals surface area (Å²) in [5.41, 5.74) is -0.705. The number of hydrogen-bond donors (Lipinski definition) is 2. The van der Waals surface area contributed by atoms with E-state index in [0.717, 1.165) is 0 Å². The number of phenolic OH excluding ortho intramolecular Hbond substituents is 1. The molecule has 1 amide bonds. The zero-order chi connectivity index (χ0) is 27.5. The molecule has 2 aliphatic heterocycles. The molecule has 0 fully saturated rings. The van der Waals surface area contributed by atoms with Crippen LogP contribution >= 0.6 is 11.6 Å². The number of hydrogen-bond acceptors (Lipinski definition) is 9. The summed E-state index contributed by atoms with van der Waals surface area (Å²) < 4.78 is 27.6. The maximum absolute atomic E-state index is 14.4. The Kier molecular flexibility index (Phi) is 6.18. The largest absolute Gasteiger partial charge is 0.502 e. The van der Waals surface area contributed by atoms with Crippen LogP contribution in [0.3, 0.4) is 0 Å². The van der Waals surface area contributed by atoms with Crippen molar-refractivity contribution in [3.63, 3.8) is 0 Å². The van der Waals surface area contributed by atoms with Crippen LogP contribution in [0.4, 0.5) is 0 Å². The van der Waals surface area contributed by atoms with Crippen molar-refractivity contribution in [3.8, 4) is 34.5 Å². The van der Waals surface area contributed by atoms with E-state index in [-0.39, 0.29) is 69.4 Å².